The van der Waals surface area contributed by atoms with E-state index in [2.05, 4.69) is 67.5 Å². The topological polar surface area (TPSA) is 47.1 Å². The molecule has 4 nitrogen and oxygen atoms in total. The molecule has 2 N–H and O–H groups in total. The summed E-state index contributed by atoms with van der Waals surface area (Å²) in [6.45, 7) is 7.57. The number of likely N-dealkylation sites (N-methyl/N-ethyl adjacent to an activating group) is 1. The number of imidazole rings is 1. The van der Waals surface area contributed by atoms with Crippen molar-refractivity contribution in [1.82, 2.24) is 14.5 Å². The zero-order chi connectivity index (χ0) is 14.9. The van der Waals surface area contributed by atoms with E-state index >= 15 is 0 Å². The summed E-state index contributed by atoms with van der Waals surface area (Å²) < 4.78 is 2.21. The quantitative estimate of drug-likeness (QED) is 0.911. The van der Waals surface area contributed by atoms with Crippen molar-refractivity contribution in [1.29, 1.82) is 0 Å². The number of nitrogens with zero attached hydrogens (tertiary/aromatic N) is 3. The zero-order valence-corrected chi connectivity index (χ0v) is 13.2. The third-order valence-corrected chi connectivity index (χ3v) is 3.63. The number of aromatic nitrogens is 2. The highest BCUT2D eigenvalue weighted by Crippen LogP contribution is 2.28. The first-order chi connectivity index (χ1) is 9.40. The molecule has 0 saturated heterocycles. The lowest BCUT2D eigenvalue weighted by Gasteiger charge is -2.25. The lowest BCUT2D eigenvalue weighted by molar-refractivity contribution is 0.294. The third-order valence-electron chi connectivity index (χ3n) is 3.63. The molecule has 1 unspecified atom stereocenters. The molecule has 0 aliphatic rings. The van der Waals surface area contributed by atoms with E-state index in [-0.39, 0.29) is 0 Å². The van der Waals surface area contributed by atoms with Gasteiger partial charge in [-0.1, -0.05) is 26.0 Å². The molecule has 0 bridgehead atoms. The van der Waals surface area contributed by atoms with Gasteiger partial charge >= 0.3 is 0 Å². The first-order valence-corrected chi connectivity index (χ1v) is 7.28. The summed E-state index contributed by atoms with van der Waals surface area (Å²) in [5.41, 5.74) is 9.56. The summed E-state index contributed by atoms with van der Waals surface area (Å²) in [4.78, 5) is 6.79. The summed E-state index contributed by atoms with van der Waals surface area (Å²) in [5, 5.41) is 0. The van der Waals surface area contributed by atoms with Crippen molar-refractivity contribution in [3.63, 3.8) is 0 Å². The van der Waals surface area contributed by atoms with Gasteiger partial charge in [-0.2, -0.15) is 0 Å². The fourth-order valence-electron chi connectivity index (χ4n) is 2.89. The van der Waals surface area contributed by atoms with Crippen LogP contribution in [0, 0.1) is 12.8 Å². The summed E-state index contributed by atoms with van der Waals surface area (Å²) in [7, 11) is 4.21. The van der Waals surface area contributed by atoms with Crippen LogP contribution in [0.2, 0.25) is 0 Å². The van der Waals surface area contributed by atoms with Gasteiger partial charge in [0.15, 0.2) is 0 Å². The standard InChI is InChI=1S/C16H26N4/c1-11(2)9-13(10-19(4)5)20-14-8-6-7-12(3)15(14)18-16(20)17/h6-8,11,13H,9-10H2,1-5H3,(H2,17,18). The Morgan fingerprint density at radius 3 is 2.60 bits per heavy atom. The van der Waals surface area contributed by atoms with E-state index in [1.165, 1.54) is 5.56 Å². The minimum Gasteiger partial charge on any atom is -0.369 e. The first-order valence-electron chi connectivity index (χ1n) is 7.28. The van der Waals surface area contributed by atoms with Crippen molar-refractivity contribution in [2.24, 2.45) is 5.92 Å². The fourth-order valence-corrected chi connectivity index (χ4v) is 2.89. The van der Waals surface area contributed by atoms with Crippen molar-refractivity contribution in [2.75, 3.05) is 26.4 Å². The molecule has 0 aliphatic heterocycles. The average molecular weight is 274 g/mol. The van der Waals surface area contributed by atoms with Crippen molar-refractivity contribution >= 4 is 17.0 Å². The van der Waals surface area contributed by atoms with E-state index in [0.717, 1.165) is 24.0 Å². The van der Waals surface area contributed by atoms with E-state index < -0.39 is 0 Å². The molecule has 0 spiro atoms. The molecule has 4 heteroatoms. The number of para-hydroxylation sites is 1. The number of hydrogen-bond acceptors (Lipinski definition) is 3. The van der Waals surface area contributed by atoms with Crippen LogP contribution in [0.15, 0.2) is 18.2 Å². The molecule has 0 radical (unpaired) electrons. The molecular weight excluding hydrogens is 248 g/mol. The van der Waals surface area contributed by atoms with Gasteiger partial charge in [-0.15, -0.1) is 0 Å². The number of benzene rings is 1. The predicted molar refractivity (Wildman–Crippen MR) is 85.9 cm³/mol. The van der Waals surface area contributed by atoms with Crippen LogP contribution in [-0.2, 0) is 0 Å². The lowest BCUT2D eigenvalue weighted by atomic mass is 10.0. The minimum atomic E-state index is 0.358. The van der Waals surface area contributed by atoms with Crippen LogP contribution < -0.4 is 5.73 Å². The van der Waals surface area contributed by atoms with E-state index in [0.29, 0.717) is 17.9 Å². The summed E-state index contributed by atoms with van der Waals surface area (Å²) in [5.74, 6) is 1.25. The smallest absolute Gasteiger partial charge is 0.201 e. The molecule has 1 heterocycles. The van der Waals surface area contributed by atoms with Gasteiger partial charge in [0.05, 0.1) is 17.1 Å². The predicted octanol–water partition coefficient (Wildman–Crippen LogP) is 3.08. The van der Waals surface area contributed by atoms with E-state index in [1.54, 1.807) is 0 Å². The molecule has 2 aromatic rings. The van der Waals surface area contributed by atoms with Gasteiger partial charge in [-0.3, -0.25) is 0 Å². The molecule has 1 aromatic heterocycles. The minimum absolute atomic E-state index is 0.358. The Balaban J connectivity index is 2.52. The molecule has 1 atom stereocenters. The van der Waals surface area contributed by atoms with Crippen LogP contribution in [-0.4, -0.2) is 35.1 Å². The molecular formula is C16H26N4. The SMILES string of the molecule is Cc1cccc2c1nc(N)n2C(CC(C)C)CN(C)C. The van der Waals surface area contributed by atoms with Gasteiger partial charge in [0, 0.05) is 6.54 Å². The Kier molecular flexibility index (Phi) is 4.33. The van der Waals surface area contributed by atoms with Crippen LogP contribution in [0.4, 0.5) is 5.95 Å². The first kappa shape index (κ1) is 14.9. The van der Waals surface area contributed by atoms with Crippen LogP contribution in [0.25, 0.3) is 11.0 Å². The van der Waals surface area contributed by atoms with E-state index in [9.17, 15) is 0 Å². The Bertz CT molecular complexity index is 573. The maximum Gasteiger partial charge on any atom is 0.201 e. The molecule has 0 fully saturated rings. The molecule has 0 saturated carbocycles. The van der Waals surface area contributed by atoms with Crippen molar-refractivity contribution in [3.8, 4) is 0 Å². The lowest BCUT2D eigenvalue weighted by Crippen LogP contribution is -2.26. The molecule has 110 valence electrons. The van der Waals surface area contributed by atoms with Gasteiger partial charge in [0.1, 0.15) is 0 Å². The van der Waals surface area contributed by atoms with Gasteiger partial charge in [0.25, 0.3) is 0 Å². The van der Waals surface area contributed by atoms with Crippen LogP contribution >= 0.6 is 0 Å². The molecule has 0 aliphatic carbocycles. The zero-order valence-electron chi connectivity index (χ0n) is 13.2. The van der Waals surface area contributed by atoms with Crippen molar-refractivity contribution < 1.29 is 0 Å². The van der Waals surface area contributed by atoms with Gasteiger partial charge in [0.2, 0.25) is 5.95 Å². The Labute approximate surface area is 121 Å². The highest BCUT2D eigenvalue weighted by Gasteiger charge is 2.20. The number of rotatable bonds is 5. The van der Waals surface area contributed by atoms with E-state index in [1.807, 2.05) is 0 Å². The highest BCUT2D eigenvalue weighted by atomic mass is 15.2. The largest absolute Gasteiger partial charge is 0.369 e. The maximum atomic E-state index is 6.21. The van der Waals surface area contributed by atoms with Crippen LogP contribution in [0.1, 0.15) is 31.9 Å². The second kappa shape index (κ2) is 5.83. The summed E-state index contributed by atoms with van der Waals surface area (Å²) in [6.07, 6.45) is 1.10. The second-order valence-electron chi connectivity index (χ2n) is 6.33. The highest BCUT2D eigenvalue weighted by molar-refractivity contribution is 5.81. The van der Waals surface area contributed by atoms with Gasteiger partial charge in [-0.05, 0) is 45.0 Å². The number of aryl methyl sites for hydroxylation is 1. The molecule has 2 rings (SSSR count). The van der Waals surface area contributed by atoms with E-state index in [4.69, 9.17) is 5.73 Å². The average Bonchev–Trinajstić information content (AvgIpc) is 2.65. The molecule has 20 heavy (non-hydrogen) atoms. The number of hydrogen-bond donors (Lipinski definition) is 1. The third kappa shape index (κ3) is 2.96. The number of anilines is 1. The molecule has 0 amide bonds. The number of nitrogen functional groups attached to an aromatic ring is 1. The van der Waals surface area contributed by atoms with Crippen molar-refractivity contribution in [3.05, 3.63) is 23.8 Å². The summed E-state index contributed by atoms with van der Waals surface area (Å²) in [6, 6.07) is 6.64. The number of nitrogens with two attached hydrogens (primary N) is 1. The Morgan fingerprint density at radius 1 is 1.30 bits per heavy atom. The maximum absolute atomic E-state index is 6.21. The normalized spacial score (nSPS) is 13.6. The van der Waals surface area contributed by atoms with Gasteiger partial charge in [-0.25, -0.2) is 4.98 Å². The molecule has 1 aromatic carbocycles. The Morgan fingerprint density at radius 2 is 2.00 bits per heavy atom. The fraction of sp³-hybridized carbons (Fsp3) is 0.562. The van der Waals surface area contributed by atoms with Crippen LogP contribution in [0.3, 0.4) is 0 Å². The van der Waals surface area contributed by atoms with Gasteiger partial charge < -0.3 is 15.2 Å². The number of fused-ring (bicyclic) bond motifs is 1. The summed E-state index contributed by atoms with van der Waals surface area (Å²) >= 11 is 0. The second-order valence-corrected chi connectivity index (χ2v) is 6.33. The monoisotopic (exact) mass is 274 g/mol. The van der Waals surface area contributed by atoms with Crippen molar-refractivity contribution in [2.45, 2.75) is 33.2 Å². The van der Waals surface area contributed by atoms with Crippen LogP contribution in [0.5, 0.6) is 0 Å². The Hall–Kier alpha value is -1.55.